The Morgan fingerprint density at radius 2 is 2.12 bits per heavy atom. The number of methoxy groups -OCH3 is 1. The first-order valence-electron chi connectivity index (χ1n) is 5.44. The zero-order chi connectivity index (χ0) is 12.7. The molecule has 1 aromatic carbocycles. The van der Waals surface area contributed by atoms with Crippen molar-refractivity contribution in [1.82, 2.24) is 5.32 Å². The third-order valence-electron chi connectivity index (χ3n) is 2.25. The van der Waals surface area contributed by atoms with Crippen molar-refractivity contribution >= 4 is 0 Å². The number of hydrogen-bond donors (Lipinski definition) is 3. The van der Waals surface area contributed by atoms with E-state index in [0.717, 1.165) is 12.1 Å². The molecular formula is C12H19NO4. The van der Waals surface area contributed by atoms with E-state index < -0.39 is 6.10 Å². The minimum Gasteiger partial charge on any atom is -0.493 e. The Hall–Kier alpha value is -1.30. The molecular weight excluding hydrogens is 222 g/mol. The molecule has 17 heavy (non-hydrogen) atoms. The molecule has 0 amide bonds. The van der Waals surface area contributed by atoms with Crippen molar-refractivity contribution in [3.8, 4) is 11.5 Å². The lowest BCUT2D eigenvalue weighted by molar-refractivity contribution is 0.0527. The van der Waals surface area contributed by atoms with Crippen molar-refractivity contribution in [2.75, 3.05) is 27.4 Å². The highest BCUT2D eigenvalue weighted by atomic mass is 16.5. The third-order valence-corrected chi connectivity index (χ3v) is 2.25. The van der Waals surface area contributed by atoms with Gasteiger partial charge in [-0.15, -0.1) is 0 Å². The van der Waals surface area contributed by atoms with Crippen LogP contribution >= 0.6 is 0 Å². The van der Waals surface area contributed by atoms with Crippen LogP contribution in [-0.2, 0) is 6.54 Å². The van der Waals surface area contributed by atoms with E-state index in [1.54, 1.807) is 7.11 Å². The van der Waals surface area contributed by atoms with Crippen molar-refractivity contribution in [2.24, 2.45) is 0 Å². The molecule has 0 fully saturated rings. The molecule has 0 heterocycles. The SMILES string of the molecule is CNCc1ccc(OC)c(OCC(O)CO)c1. The fourth-order valence-corrected chi connectivity index (χ4v) is 1.39. The highest BCUT2D eigenvalue weighted by molar-refractivity contribution is 5.42. The summed E-state index contributed by atoms with van der Waals surface area (Å²) in [5.74, 6) is 1.17. The maximum Gasteiger partial charge on any atom is 0.161 e. The molecule has 1 rings (SSSR count). The molecule has 0 aliphatic carbocycles. The summed E-state index contributed by atoms with van der Waals surface area (Å²) in [6, 6.07) is 5.59. The summed E-state index contributed by atoms with van der Waals surface area (Å²) in [6.07, 6.45) is -0.882. The monoisotopic (exact) mass is 241 g/mol. The molecule has 0 radical (unpaired) electrons. The normalized spacial score (nSPS) is 12.2. The van der Waals surface area contributed by atoms with Gasteiger partial charge in [-0.3, -0.25) is 0 Å². The molecule has 0 saturated heterocycles. The van der Waals surface area contributed by atoms with E-state index in [2.05, 4.69) is 5.32 Å². The molecule has 0 aliphatic rings. The van der Waals surface area contributed by atoms with Crippen LogP contribution in [0.3, 0.4) is 0 Å². The number of aliphatic hydroxyl groups is 2. The number of ether oxygens (including phenoxy) is 2. The maximum absolute atomic E-state index is 9.23. The van der Waals surface area contributed by atoms with Gasteiger partial charge >= 0.3 is 0 Å². The van der Waals surface area contributed by atoms with E-state index in [0.29, 0.717) is 11.5 Å². The van der Waals surface area contributed by atoms with Gasteiger partial charge in [0.05, 0.1) is 13.7 Å². The summed E-state index contributed by atoms with van der Waals surface area (Å²) in [6.45, 7) is 0.442. The van der Waals surface area contributed by atoms with Gasteiger partial charge in [-0.25, -0.2) is 0 Å². The maximum atomic E-state index is 9.23. The topological polar surface area (TPSA) is 71.0 Å². The molecule has 5 heteroatoms. The zero-order valence-corrected chi connectivity index (χ0v) is 10.1. The van der Waals surface area contributed by atoms with E-state index >= 15 is 0 Å². The molecule has 1 unspecified atom stereocenters. The molecule has 96 valence electrons. The first-order chi connectivity index (χ1) is 8.21. The first-order valence-corrected chi connectivity index (χ1v) is 5.44. The lowest BCUT2D eigenvalue weighted by atomic mass is 10.2. The second kappa shape index (κ2) is 7.11. The number of benzene rings is 1. The van der Waals surface area contributed by atoms with Gasteiger partial charge < -0.3 is 25.0 Å². The summed E-state index contributed by atoms with van der Waals surface area (Å²) in [4.78, 5) is 0. The molecule has 0 spiro atoms. The van der Waals surface area contributed by atoms with Crippen molar-refractivity contribution in [1.29, 1.82) is 0 Å². The highest BCUT2D eigenvalue weighted by Crippen LogP contribution is 2.28. The predicted octanol–water partition coefficient (Wildman–Crippen LogP) is 0.147. The molecule has 5 nitrogen and oxygen atoms in total. The summed E-state index contributed by atoms with van der Waals surface area (Å²) < 4.78 is 10.6. The van der Waals surface area contributed by atoms with Crippen LogP contribution in [0.5, 0.6) is 11.5 Å². The van der Waals surface area contributed by atoms with Crippen molar-refractivity contribution in [3.63, 3.8) is 0 Å². The quantitative estimate of drug-likeness (QED) is 0.633. The molecule has 0 aromatic heterocycles. The standard InChI is InChI=1S/C12H19NO4/c1-13-6-9-3-4-11(16-2)12(5-9)17-8-10(15)7-14/h3-5,10,13-15H,6-8H2,1-2H3. The van der Waals surface area contributed by atoms with Gasteiger partial charge in [0.2, 0.25) is 0 Å². The first kappa shape index (κ1) is 13.8. The molecule has 0 bridgehead atoms. The zero-order valence-electron chi connectivity index (χ0n) is 10.1. The molecule has 0 saturated carbocycles. The Morgan fingerprint density at radius 1 is 1.35 bits per heavy atom. The smallest absolute Gasteiger partial charge is 0.161 e. The summed E-state index contributed by atoms with van der Waals surface area (Å²) in [7, 11) is 3.42. The Kier molecular flexibility index (Phi) is 5.76. The van der Waals surface area contributed by atoms with Crippen LogP contribution in [-0.4, -0.2) is 43.7 Å². The van der Waals surface area contributed by atoms with Gasteiger partial charge in [0.25, 0.3) is 0 Å². The van der Waals surface area contributed by atoms with Gasteiger partial charge in [-0.05, 0) is 24.7 Å². The molecule has 1 atom stereocenters. The average Bonchev–Trinajstić information content (AvgIpc) is 2.36. The van der Waals surface area contributed by atoms with E-state index in [1.165, 1.54) is 0 Å². The van der Waals surface area contributed by atoms with Crippen LogP contribution in [0.4, 0.5) is 0 Å². The van der Waals surface area contributed by atoms with Gasteiger partial charge in [0.1, 0.15) is 12.7 Å². The van der Waals surface area contributed by atoms with Crippen molar-refractivity contribution in [3.05, 3.63) is 23.8 Å². The second-order valence-corrected chi connectivity index (χ2v) is 3.66. The van der Waals surface area contributed by atoms with Crippen molar-refractivity contribution in [2.45, 2.75) is 12.6 Å². The Balaban J connectivity index is 2.75. The summed E-state index contributed by atoms with van der Waals surface area (Å²) >= 11 is 0. The minimum atomic E-state index is -0.882. The molecule has 0 aliphatic heterocycles. The van der Waals surface area contributed by atoms with E-state index in [-0.39, 0.29) is 13.2 Å². The van der Waals surface area contributed by atoms with Crippen LogP contribution < -0.4 is 14.8 Å². The third kappa shape index (κ3) is 4.22. The predicted molar refractivity (Wildman–Crippen MR) is 64.3 cm³/mol. The molecule has 3 N–H and O–H groups in total. The van der Waals surface area contributed by atoms with Crippen LogP contribution in [0, 0.1) is 0 Å². The van der Waals surface area contributed by atoms with Crippen LogP contribution in [0.25, 0.3) is 0 Å². The average molecular weight is 241 g/mol. The fourth-order valence-electron chi connectivity index (χ4n) is 1.39. The largest absolute Gasteiger partial charge is 0.493 e. The number of aliphatic hydroxyl groups excluding tert-OH is 2. The van der Waals surface area contributed by atoms with E-state index in [4.69, 9.17) is 14.6 Å². The van der Waals surface area contributed by atoms with Crippen LogP contribution in [0.1, 0.15) is 5.56 Å². The Bertz CT molecular complexity index is 343. The minimum absolute atomic E-state index is 0.0376. The van der Waals surface area contributed by atoms with E-state index in [9.17, 15) is 5.11 Å². The van der Waals surface area contributed by atoms with Crippen LogP contribution in [0.15, 0.2) is 18.2 Å². The van der Waals surface area contributed by atoms with Gasteiger partial charge in [0, 0.05) is 6.54 Å². The number of nitrogens with one attached hydrogen (secondary N) is 1. The van der Waals surface area contributed by atoms with Crippen molar-refractivity contribution < 1.29 is 19.7 Å². The van der Waals surface area contributed by atoms with Gasteiger partial charge in [-0.2, -0.15) is 0 Å². The highest BCUT2D eigenvalue weighted by Gasteiger charge is 2.08. The summed E-state index contributed by atoms with van der Waals surface area (Å²) in [5.41, 5.74) is 1.06. The second-order valence-electron chi connectivity index (χ2n) is 3.66. The lowest BCUT2D eigenvalue weighted by Gasteiger charge is -2.14. The molecule has 1 aromatic rings. The summed E-state index contributed by atoms with van der Waals surface area (Å²) in [5, 5.41) is 21.0. The number of hydrogen-bond acceptors (Lipinski definition) is 5. The lowest BCUT2D eigenvalue weighted by Crippen LogP contribution is -2.21. The van der Waals surface area contributed by atoms with Gasteiger partial charge in [0.15, 0.2) is 11.5 Å². The van der Waals surface area contributed by atoms with E-state index in [1.807, 2.05) is 25.2 Å². The number of rotatable bonds is 7. The fraction of sp³-hybridized carbons (Fsp3) is 0.500. The van der Waals surface area contributed by atoms with Crippen LogP contribution in [0.2, 0.25) is 0 Å². The van der Waals surface area contributed by atoms with Gasteiger partial charge in [-0.1, -0.05) is 6.07 Å². The Morgan fingerprint density at radius 3 is 2.71 bits per heavy atom. The Labute approximate surface area is 101 Å².